The molecule has 2 atom stereocenters. The maximum absolute atomic E-state index is 4.98. The SMILES string of the molecule is c1ccc2c(c1)C[C@@H]1OO[C@H]21. The van der Waals surface area contributed by atoms with E-state index in [0.717, 1.165) is 6.42 Å². The van der Waals surface area contributed by atoms with Crippen LogP contribution in [0.5, 0.6) is 0 Å². The molecule has 0 bridgehead atoms. The average Bonchev–Trinajstić information content (AvgIpc) is 2.23. The number of hydrogen-bond donors (Lipinski definition) is 0. The second kappa shape index (κ2) is 1.84. The third-order valence-corrected chi connectivity index (χ3v) is 2.40. The molecule has 0 radical (unpaired) electrons. The second-order valence-electron chi connectivity index (χ2n) is 3.05. The summed E-state index contributed by atoms with van der Waals surface area (Å²) in [4.78, 5) is 9.92. The van der Waals surface area contributed by atoms with Crippen molar-refractivity contribution in [3.63, 3.8) is 0 Å². The Balaban J connectivity index is 2.14. The van der Waals surface area contributed by atoms with Crippen LogP contribution in [0.2, 0.25) is 0 Å². The summed E-state index contributed by atoms with van der Waals surface area (Å²) in [6.45, 7) is 0. The van der Waals surface area contributed by atoms with Gasteiger partial charge in [0, 0.05) is 6.42 Å². The third-order valence-electron chi connectivity index (χ3n) is 2.40. The molecular weight excluding hydrogens is 140 g/mol. The molecule has 1 aromatic carbocycles. The summed E-state index contributed by atoms with van der Waals surface area (Å²) in [5.41, 5.74) is 2.68. The standard InChI is InChI=1S/C9H8O2/c1-2-4-7-6(3-1)5-8-9(7)11-10-8/h1-4,8-9H,5H2/t8-,9+/m0/s1. The van der Waals surface area contributed by atoms with E-state index in [2.05, 4.69) is 18.2 Å². The van der Waals surface area contributed by atoms with Crippen molar-refractivity contribution in [1.29, 1.82) is 0 Å². The van der Waals surface area contributed by atoms with Crippen molar-refractivity contribution in [2.45, 2.75) is 18.6 Å². The fourth-order valence-corrected chi connectivity index (χ4v) is 1.80. The maximum atomic E-state index is 4.98. The van der Waals surface area contributed by atoms with Gasteiger partial charge < -0.3 is 0 Å². The Kier molecular flexibility index (Phi) is 0.962. The lowest BCUT2D eigenvalue weighted by molar-refractivity contribution is -0.464. The Morgan fingerprint density at radius 1 is 1.18 bits per heavy atom. The Labute approximate surface area is 64.7 Å². The fourth-order valence-electron chi connectivity index (χ4n) is 1.80. The molecule has 0 unspecified atom stereocenters. The zero-order valence-corrected chi connectivity index (χ0v) is 5.99. The lowest BCUT2D eigenvalue weighted by Crippen LogP contribution is -2.31. The molecule has 1 heterocycles. The van der Waals surface area contributed by atoms with Gasteiger partial charge in [-0.3, -0.25) is 0 Å². The molecule has 1 aromatic rings. The van der Waals surface area contributed by atoms with Gasteiger partial charge in [0.25, 0.3) is 0 Å². The van der Waals surface area contributed by atoms with E-state index in [1.807, 2.05) is 6.07 Å². The van der Waals surface area contributed by atoms with Gasteiger partial charge in [-0.2, -0.15) is 0 Å². The van der Waals surface area contributed by atoms with Crippen molar-refractivity contribution in [2.75, 3.05) is 0 Å². The first-order valence-electron chi connectivity index (χ1n) is 3.85. The molecule has 2 aliphatic rings. The van der Waals surface area contributed by atoms with Crippen LogP contribution in [0.1, 0.15) is 17.2 Å². The van der Waals surface area contributed by atoms with Crippen LogP contribution in [0.4, 0.5) is 0 Å². The van der Waals surface area contributed by atoms with E-state index in [4.69, 9.17) is 9.78 Å². The van der Waals surface area contributed by atoms with Crippen LogP contribution in [0.3, 0.4) is 0 Å². The fraction of sp³-hybridized carbons (Fsp3) is 0.333. The van der Waals surface area contributed by atoms with E-state index in [1.54, 1.807) is 0 Å². The van der Waals surface area contributed by atoms with E-state index >= 15 is 0 Å². The Hall–Kier alpha value is -0.860. The van der Waals surface area contributed by atoms with Gasteiger partial charge in [-0.05, 0) is 11.1 Å². The first-order valence-corrected chi connectivity index (χ1v) is 3.85. The van der Waals surface area contributed by atoms with E-state index < -0.39 is 0 Å². The summed E-state index contributed by atoms with van der Waals surface area (Å²) < 4.78 is 0. The quantitative estimate of drug-likeness (QED) is 0.520. The third kappa shape index (κ3) is 0.633. The minimum atomic E-state index is 0.228. The number of benzene rings is 1. The Morgan fingerprint density at radius 2 is 2.09 bits per heavy atom. The highest BCUT2D eigenvalue weighted by Crippen LogP contribution is 2.42. The molecule has 11 heavy (non-hydrogen) atoms. The molecule has 0 spiro atoms. The van der Waals surface area contributed by atoms with Crippen molar-refractivity contribution in [2.24, 2.45) is 0 Å². The van der Waals surface area contributed by atoms with E-state index in [1.165, 1.54) is 11.1 Å². The largest absolute Gasteiger partial charge is 0.229 e. The van der Waals surface area contributed by atoms with Crippen molar-refractivity contribution in [1.82, 2.24) is 0 Å². The summed E-state index contributed by atoms with van der Waals surface area (Å²) >= 11 is 0. The highest BCUT2D eigenvalue weighted by Gasteiger charge is 2.42. The van der Waals surface area contributed by atoms with Crippen LogP contribution >= 0.6 is 0 Å². The topological polar surface area (TPSA) is 18.5 Å². The maximum Gasteiger partial charge on any atom is 0.148 e. The normalized spacial score (nSPS) is 32.4. The van der Waals surface area contributed by atoms with E-state index in [0.29, 0.717) is 6.10 Å². The molecule has 1 aliphatic carbocycles. The molecule has 0 amide bonds. The molecule has 56 valence electrons. The second-order valence-corrected chi connectivity index (χ2v) is 3.05. The molecule has 0 N–H and O–H groups in total. The molecule has 0 saturated carbocycles. The molecular formula is C9H8O2. The Morgan fingerprint density at radius 3 is 2.91 bits per heavy atom. The van der Waals surface area contributed by atoms with Crippen molar-refractivity contribution in [3.8, 4) is 0 Å². The summed E-state index contributed by atoms with van der Waals surface area (Å²) in [5, 5.41) is 0. The van der Waals surface area contributed by atoms with Gasteiger partial charge in [0.15, 0.2) is 0 Å². The molecule has 1 saturated heterocycles. The van der Waals surface area contributed by atoms with Gasteiger partial charge in [-0.25, -0.2) is 9.78 Å². The summed E-state index contributed by atoms with van der Waals surface area (Å²) in [6.07, 6.45) is 1.54. The van der Waals surface area contributed by atoms with Gasteiger partial charge in [0.05, 0.1) is 0 Å². The van der Waals surface area contributed by atoms with Gasteiger partial charge in [0.1, 0.15) is 12.2 Å². The number of rotatable bonds is 0. The van der Waals surface area contributed by atoms with Crippen LogP contribution in [0.15, 0.2) is 24.3 Å². The molecule has 2 nitrogen and oxygen atoms in total. The van der Waals surface area contributed by atoms with Crippen LogP contribution in [-0.4, -0.2) is 6.10 Å². The van der Waals surface area contributed by atoms with Crippen LogP contribution < -0.4 is 0 Å². The lowest BCUT2D eigenvalue weighted by atomic mass is 10.1. The van der Waals surface area contributed by atoms with Gasteiger partial charge in [-0.1, -0.05) is 24.3 Å². The predicted octanol–water partition coefficient (Wildman–Crippen LogP) is 1.61. The lowest BCUT2D eigenvalue weighted by Gasteiger charge is -2.28. The zero-order valence-electron chi connectivity index (χ0n) is 5.99. The number of fused-ring (bicyclic) bond motifs is 3. The minimum Gasteiger partial charge on any atom is -0.229 e. The van der Waals surface area contributed by atoms with E-state index in [9.17, 15) is 0 Å². The van der Waals surface area contributed by atoms with Crippen LogP contribution in [0, 0.1) is 0 Å². The average molecular weight is 148 g/mol. The first kappa shape index (κ1) is 5.75. The molecule has 1 fully saturated rings. The molecule has 1 aliphatic heterocycles. The highest BCUT2D eigenvalue weighted by atomic mass is 17.2. The van der Waals surface area contributed by atoms with Crippen molar-refractivity contribution in [3.05, 3.63) is 35.4 Å². The van der Waals surface area contributed by atoms with E-state index in [-0.39, 0.29) is 6.10 Å². The smallest absolute Gasteiger partial charge is 0.148 e. The summed E-state index contributed by atoms with van der Waals surface area (Å²) in [7, 11) is 0. The van der Waals surface area contributed by atoms with Crippen LogP contribution in [0.25, 0.3) is 0 Å². The Bertz CT molecular complexity index is 295. The molecule has 2 heteroatoms. The van der Waals surface area contributed by atoms with Gasteiger partial charge in [-0.15, -0.1) is 0 Å². The van der Waals surface area contributed by atoms with Gasteiger partial charge >= 0.3 is 0 Å². The summed E-state index contributed by atoms with van der Waals surface area (Å²) in [5.74, 6) is 0. The zero-order chi connectivity index (χ0) is 7.26. The minimum absolute atomic E-state index is 0.228. The molecule has 3 rings (SSSR count). The van der Waals surface area contributed by atoms with Crippen molar-refractivity contribution >= 4 is 0 Å². The highest BCUT2D eigenvalue weighted by molar-refractivity contribution is 5.36. The first-order chi connectivity index (χ1) is 5.45. The number of hydrogen-bond acceptors (Lipinski definition) is 2. The monoisotopic (exact) mass is 148 g/mol. The molecule has 0 aromatic heterocycles. The van der Waals surface area contributed by atoms with Crippen molar-refractivity contribution < 1.29 is 9.78 Å². The van der Waals surface area contributed by atoms with Crippen LogP contribution in [-0.2, 0) is 16.2 Å². The predicted molar refractivity (Wildman–Crippen MR) is 38.8 cm³/mol. The summed E-state index contributed by atoms with van der Waals surface area (Å²) in [6, 6.07) is 8.36. The van der Waals surface area contributed by atoms with Gasteiger partial charge in [0.2, 0.25) is 0 Å².